The SMILES string of the molecule is CCOc1ccc(NC(=O)CC(=O)NCc2ccc(C)cc2)cc1. The van der Waals surface area contributed by atoms with Crippen LogP contribution in [0.5, 0.6) is 5.75 Å². The minimum atomic E-state index is -0.347. The highest BCUT2D eigenvalue weighted by Crippen LogP contribution is 2.15. The van der Waals surface area contributed by atoms with Gasteiger partial charge in [0.05, 0.1) is 6.61 Å². The average Bonchev–Trinajstić information content (AvgIpc) is 2.56. The van der Waals surface area contributed by atoms with Gasteiger partial charge in [-0.2, -0.15) is 0 Å². The van der Waals surface area contributed by atoms with E-state index in [4.69, 9.17) is 4.74 Å². The Labute approximate surface area is 142 Å². The normalized spacial score (nSPS) is 10.1. The molecule has 0 unspecified atom stereocenters. The van der Waals surface area contributed by atoms with E-state index in [1.807, 2.05) is 38.1 Å². The molecule has 5 heteroatoms. The van der Waals surface area contributed by atoms with Crippen LogP contribution in [0.15, 0.2) is 48.5 Å². The Kier molecular flexibility index (Phi) is 6.37. The van der Waals surface area contributed by atoms with Gasteiger partial charge in [-0.05, 0) is 43.7 Å². The summed E-state index contributed by atoms with van der Waals surface area (Å²) >= 11 is 0. The van der Waals surface area contributed by atoms with Gasteiger partial charge >= 0.3 is 0 Å². The predicted octanol–water partition coefficient (Wildman–Crippen LogP) is 3.04. The van der Waals surface area contributed by atoms with E-state index in [0.717, 1.165) is 11.3 Å². The quantitative estimate of drug-likeness (QED) is 0.769. The fraction of sp³-hybridized carbons (Fsp3) is 0.263. The van der Waals surface area contributed by atoms with Crippen molar-refractivity contribution in [3.8, 4) is 5.75 Å². The Morgan fingerprint density at radius 2 is 1.62 bits per heavy atom. The molecule has 24 heavy (non-hydrogen) atoms. The second-order valence-corrected chi connectivity index (χ2v) is 5.44. The molecular weight excluding hydrogens is 304 g/mol. The molecule has 0 aliphatic rings. The molecule has 0 atom stereocenters. The number of carbonyl (C=O) groups is 2. The summed E-state index contributed by atoms with van der Waals surface area (Å²) in [5.41, 5.74) is 2.80. The molecule has 0 saturated heterocycles. The van der Waals surface area contributed by atoms with Gasteiger partial charge in [0.25, 0.3) is 0 Å². The lowest BCUT2D eigenvalue weighted by Crippen LogP contribution is -2.27. The molecule has 2 rings (SSSR count). The maximum atomic E-state index is 11.9. The van der Waals surface area contributed by atoms with Gasteiger partial charge in [0.15, 0.2) is 0 Å². The smallest absolute Gasteiger partial charge is 0.233 e. The van der Waals surface area contributed by atoms with E-state index in [-0.39, 0.29) is 18.2 Å². The Morgan fingerprint density at radius 3 is 2.25 bits per heavy atom. The van der Waals surface area contributed by atoms with E-state index in [1.165, 1.54) is 5.56 Å². The van der Waals surface area contributed by atoms with Crippen molar-refractivity contribution in [3.05, 3.63) is 59.7 Å². The van der Waals surface area contributed by atoms with Crippen molar-refractivity contribution in [2.45, 2.75) is 26.8 Å². The van der Waals surface area contributed by atoms with Crippen LogP contribution in [0.2, 0.25) is 0 Å². The van der Waals surface area contributed by atoms with Crippen molar-refractivity contribution in [1.82, 2.24) is 5.32 Å². The summed E-state index contributed by atoms with van der Waals surface area (Å²) in [5.74, 6) is 0.0888. The number of hydrogen-bond donors (Lipinski definition) is 2. The maximum absolute atomic E-state index is 11.9. The van der Waals surface area contributed by atoms with Gasteiger partial charge in [-0.3, -0.25) is 9.59 Å². The van der Waals surface area contributed by atoms with Crippen LogP contribution in [0.3, 0.4) is 0 Å². The number of rotatable bonds is 7. The summed E-state index contributed by atoms with van der Waals surface area (Å²) in [6.07, 6.45) is -0.209. The van der Waals surface area contributed by atoms with Crippen LogP contribution in [-0.4, -0.2) is 18.4 Å². The fourth-order valence-electron chi connectivity index (χ4n) is 2.12. The van der Waals surface area contributed by atoms with Gasteiger partial charge < -0.3 is 15.4 Å². The Bertz CT molecular complexity index is 679. The van der Waals surface area contributed by atoms with E-state index in [0.29, 0.717) is 18.8 Å². The molecule has 2 N–H and O–H groups in total. The topological polar surface area (TPSA) is 67.4 Å². The van der Waals surface area contributed by atoms with Crippen LogP contribution in [0.25, 0.3) is 0 Å². The second kappa shape index (κ2) is 8.72. The molecule has 0 spiro atoms. The zero-order chi connectivity index (χ0) is 17.4. The van der Waals surface area contributed by atoms with Crippen LogP contribution in [0, 0.1) is 6.92 Å². The van der Waals surface area contributed by atoms with Gasteiger partial charge in [0.1, 0.15) is 12.2 Å². The summed E-state index contributed by atoms with van der Waals surface area (Å²) in [6.45, 7) is 4.92. The Balaban J connectivity index is 1.76. The van der Waals surface area contributed by atoms with E-state index in [1.54, 1.807) is 24.3 Å². The van der Waals surface area contributed by atoms with E-state index < -0.39 is 0 Å². The van der Waals surface area contributed by atoms with Crippen LogP contribution >= 0.6 is 0 Å². The van der Waals surface area contributed by atoms with Gasteiger partial charge in [-0.15, -0.1) is 0 Å². The third kappa shape index (κ3) is 5.76. The molecule has 126 valence electrons. The molecule has 2 amide bonds. The number of nitrogens with one attached hydrogen (secondary N) is 2. The van der Waals surface area contributed by atoms with Crippen LogP contribution in [0.1, 0.15) is 24.5 Å². The highest BCUT2D eigenvalue weighted by atomic mass is 16.5. The van der Waals surface area contributed by atoms with Crippen molar-refractivity contribution in [3.63, 3.8) is 0 Å². The third-order valence-corrected chi connectivity index (χ3v) is 3.38. The lowest BCUT2D eigenvalue weighted by molar-refractivity contribution is -0.126. The monoisotopic (exact) mass is 326 g/mol. The van der Waals surface area contributed by atoms with Crippen LogP contribution < -0.4 is 15.4 Å². The summed E-state index contributed by atoms with van der Waals surface area (Å²) in [7, 11) is 0. The van der Waals surface area contributed by atoms with Crippen molar-refractivity contribution in [2.75, 3.05) is 11.9 Å². The van der Waals surface area contributed by atoms with Gasteiger partial charge in [0.2, 0.25) is 11.8 Å². The van der Waals surface area contributed by atoms with E-state index in [2.05, 4.69) is 10.6 Å². The van der Waals surface area contributed by atoms with E-state index >= 15 is 0 Å². The van der Waals surface area contributed by atoms with Crippen molar-refractivity contribution >= 4 is 17.5 Å². The summed E-state index contributed by atoms with van der Waals surface area (Å²) in [6, 6.07) is 14.9. The first-order valence-electron chi connectivity index (χ1n) is 7.92. The molecule has 0 aromatic heterocycles. The van der Waals surface area contributed by atoms with Crippen molar-refractivity contribution in [1.29, 1.82) is 0 Å². The largest absolute Gasteiger partial charge is 0.494 e. The molecule has 2 aromatic carbocycles. The summed E-state index contributed by atoms with van der Waals surface area (Å²) < 4.78 is 5.33. The lowest BCUT2D eigenvalue weighted by Gasteiger charge is -2.08. The minimum Gasteiger partial charge on any atom is -0.494 e. The van der Waals surface area contributed by atoms with Crippen LogP contribution in [0.4, 0.5) is 5.69 Å². The molecule has 0 saturated carbocycles. The number of anilines is 1. The van der Waals surface area contributed by atoms with Crippen molar-refractivity contribution < 1.29 is 14.3 Å². The van der Waals surface area contributed by atoms with Gasteiger partial charge in [-0.1, -0.05) is 29.8 Å². The number of benzene rings is 2. The van der Waals surface area contributed by atoms with Crippen molar-refractivity contribution in [2.24, 2.45) is 0 Å². The molecule has 0 aliphatic heterocycles. The Hall–Kier alpha value is -2.82. The molecule has 0 fully saturated rings. The molecular formula is C19H22N2O3. The highest BCUT2D eigenvalue weighted by Gasteiger charge is 2.09. The first kappa shape index (κ1) is 17.5. The number of hydrogen-bond acceptors (Lipinski definition) is 3. The first-order valence-corrected chi connectivity index (χ1v) is 7.92. The first-order chi connectivity index (χ1) is 11.6. The second-order valence-electron chi connectivity index (χ2n) is 5.44. The fourth-order valence-corrected chi connectivity index (χ4v) is 2.12. The molecule has 2 aromatic rings. The van der Waals surface area contributed by atoms with Crippen LogP contribution in [-0.2, 0) is 16.1 Å². The molecule has 0 heterocycles. The summed E-state index contributed by atoms with van der Waals surface area (Å²) in [5, 5.41) is 5.43. The van der Waals surface area contributed by atoms with E-state index in [9.17, 15) is 9.59 Å². The minimum absolute atomic E-state index is 0.209. The zero-order valence-corrected chi connectivity index (χ0v) is 14.0. The third-order valence-electron chi connectivity index (χ3n) is 3.38. The zero-order valence-electron chi connectivity index (χ0n) is 14.0. The highest BCUT2D eigenvalue weighted by molar-refractivity contribution is 6.03. The lowest BCUT2D eigenvalue weighted by atomic mass is 10.1. The average molecular weight is 326 g/mol. The Morgan fingerprint density at radius 1 is 0.958 bits per heavy atom. The summed E-state index contributed by atoms with van der Waals surface area (Å²) in [4.78, 5) is 23.7. The molecule has 0 aliphatic carbocycles. The number of ether oxygens (including phenoxy) is 1. The molecule has 5 nitrogen and oxygen atoms in total. The molecule has 0 radical (unpaired) electrons. The molecule has 0 bridgehead atoms. The van der Waals surface area contributed by atoms with Gasteiger partial charge in [0, 0.05) is 12.2 Å². The number of carbonyl (C=O) groups excluding carboxylic acids is 2. The number of aryl methyl sites for hydroxylation is 1. The predicted molar refractivity (Wildman–Crippen MR) is 93.9 cm³/mol. The number of amides is 2. The maximum Gasteiger partial charge on any atom is 0.233 e. The standard InChI is InChI=1S/C19H22N2O3/c1-3-24-17-10-8-16(9-11-17)21-19(23)12-18(22)20-13-15-6-4-14(2)5-7-15/h4-11H,3,12-13H2,1-2H3,(H,20,22)(H,21,23). The van der Waals surface area contributed by atoms with Gasteiger partial charge in [-0.25, -0.2) is 0 Å².